The van der Waals surface area contributed by atoms with Crippen LogP contribution in [0.1, 0.15) is 44.3 Å². The molecule has 1 fully saturated rings. The second-order valence-corrected chi connectivity index (χ2v) is 8.54. The van der Waals surface area contributed by atoms with E-state index in [1.54, 1.807) is 23.7 Å². The molecule has 1 aliphatic heterocycles. The number of hydrogen-bond donors (Lipinski definition) is 1. The van der Waals surface area contributed by atoms with Crippen molar-refractivity contribution in [1.29, 1.82) is 0 Å². The van der Waals surface area contributed by atoms with Crippen molar-refractivity contribution in [1.82, 2.24) is 25.3 Å². The van der Waals surface area contributed by atoms with Crippen LogP contribution in [0, 0.1) is 5.92 Å². The Morgan fingerprint density at radius 3 is 2.86 bits per heavy atom. The smallest absolute Gasteiger partial charge is 0.246 e. The summed E-state index contributed by atoms with van der Waals surface area (Å²) in [5.74, 6) is 2.06. The summed E-state index contributed by atoms with van der Waals surface area (Å²) < 4.78 is 5.25. The Labute approximate surface area is 171 Å². The lowest BCUT2D eigenvalue weighted by molar-refractivity contribution is -0.135. The molecule has 8 nitrogen and oxygen atoms in total. The molecule has 1 aromatic rings. The van der Waals surface area contributed by atoms with Gasteiger partial charge in [-0.2, -0.15) is 16.7 Å². The number of aromatic nitrogens is 2. The third kappa shape index (κ3) is 7.09. The maximum absolute atomic E-state index is 12.9. The Kier molecular flexibility index (Phi) is 9.24. The van der Waals surface area contributed by atoms with Gasteiger partial charge in [0.15, 0.2) is 5.82 Å². The highest BCUT2D eigenvalue weighted by atomic mass is 32.2. The quantitative estimate of drug-likeness (QED) is 0.659. The molecule has 0 unspecified atom stereocenters. The van der Waals surface area contributed by atoms with E-state index in [4.69, 9.17) is 4.52 Å². The molecule has 0 saturated carbocycles. The molecule has 28 heavy (non-hydrogen) atoms. The van der Waals surface area contributed by atoms with Crippen molar-refractivity contribution >= 4 is 23.6 Å². The first-order valence-corrected chi connectivity index (χ1v) is 11.4. The molecule has 1 saturated heterocycles. The van der Waals surface area contributed by atoms with E-state index < -0.39 is 0 Å². The predicted octanol–water partition coefficient (Wildman–Crippen LogP) is 1.56. The van der Waals surface area contributed by atoms with Gasteiger partial charge in [-0.05, 0) is 32.6 Å². The first kappa shape index (κ1) is 22.7. The van der Waals surface area contributed by atoms with Gasteiger partial charge in [0, 0.05) is 44.8 Å². The molecule has 0 bridgehead atoms. The van der Waals surface area contributed by atoms with Crippen molar-refractivity contribution in [2.45, 2.75) is 51.6 Å². The summed E-state index contributed by atoms with van der Waals surface area (Å²) in [5, 5.41) is 7.06. The Balaban J connectivity index is 1.87. The van der Waals surface area contributed by atoms with Crippen LogP contribution < -0.4 is 5.32 Å². The normalized spacial score (nSPS) is 20.6. The van der Waals surface area contributed by atoms with Crippen LogP contribution in [0.2, 0.25) is 0 Å². The van der Waals surface area contributed by atoms with Gasteiger partial charge in [0.1, 0.15) is 0 Å². The molecule has 158 valence electrons. The highest BCUT2D eigenvalue weighted by Gasteiger charge is 2.29. The van der Waals surface area contributed by atoms with Gasteiger partial charge in [0.05, 0.1) is 12.5 Å². The van der Waals surface area contributed by atoms with Crippen molar-refractivity contribution < 1.29 is 14.1 Å². The first-order chi connectivity index (χ1) is 13.4. The molecule has 2 amide bonds. The van der Waals surface area contributed by atoms with E-state index in [0.717, 1.165) is 38.0 Å². The molecule has 1 aromatic heterocycles. The van der Waals surface area contributed by atoms with Crippen LogP contribution in [0.3, 0.4) is 0 Å². The average molecular weight is 412 g/mol. The first-order valence-electron chi connectivity index (χ1n) is 9.96. The molecule has 0 radical (unpaired) electrons. The number of likely N-dealkylation sites (tertiary alicyclic amines) is 1. The molecule has 9 heteroatoms. The minimum Gasteiger partial charge on any atom is -0.352 e. The number of carbonyl (C=O) groups excluding carboxylic acids is 2. The standard InChI is InChI=1S/C19H33N5O3S/c1-5-6-16-21-18(27-22-16)13-24(3)19(26)14-7-8-15(12-23(2)11-14)20-17(25)9-10-28-4/h14-15H,5-13H2,1-4H3,(H,20,25)/t14-,15+/m1/s1. The van der Waals surface area contributed by atoms with Gasteiger partial charge in [-0.15, -0.1) is 0 Å². The third-order valence-corrected chi connectivity index (χ3v) is 5.52. The molecule has 2 rings (SSSR count). The van der Waals surface area contributed by atoms with Crippen LogP contribution in [-0.2, 0) is 22.6 Å². The van der Waals surface area contributed by atoms with Gasteiger partial charge in [-0.25, -0.2) is 0 Å². The Morgan fingerprint density at radius 1 is 1.36 bits per heavy atom. The molecular formula is C19H33N5O3S. The maximum Gasteiger partial charge on any atom is 0.246 e. The largest absolute Gasteiger partial charge is 0.352 e. The van der Waals surface area contributed by atoms with Crippen LogP contribution in [0.15, 0.2) is 4.52 Å². The summed E-state index contributed by atoms with van der Waals surface area (Å²) in [6.07, 6.45) is 5.83. The van der Waals surface area contributed by atoms with E-state index in [1.807, 2.05) is 13.3 Å². The summed E-state index contributed by atoms with van der Waals surface area (Å²) in [4.78, 5) is 33.1. The number of hydrogen-bond acceptors (Lipinski definition) is 7. The maximum atomic E-state index is 12.9. The van der Waals surface area contributed by atoms with Gasteiger partial charge < -0.3 is 19.6 Å². The highest BCUT2D eigenvalue weighted by molar-refractivity contribution is 7.98. The minimum absolute atomic E-state index is 0.0800. The molecule has 0 aromatic carbocycles. The Hall–Kier alpha value is -1.61. The summed E-state index contributed by atoms with van der Waals surface area (Å²) in [6, 6.07) is 0.0926. The summed E-state index contributed by atoms with van der Waals surface area (Å²) >= 11 is 1.67. The van der Waals surface area contributed by atoms with Crippen LogP contribution in [0.4, 0.5) is 0 Å². The molecule has 1 N–H and O–H groups in total. The van der Waals surface area contributed by atoms with Crippen molar-refractivity contribution in [2.24, 2.45) is 5.92 Å². The monoisotopic (exact) mass is 411 g/mol. The lowest BCUT2D eigenvalue weighted by Crippen LogP contribution is -2.42. The molecule has 2 atom stereocenters. The van der Waals surface area contributed by atoms with E-state index in [-0.39, 0.29) is 23.8 Å². The Bertz CT molecular complexity index is 639. The summed E-state index contributed by atoms with van der Waals surface area (Å²) in [6.45, 7) is 3.84. The van der Waals surface area contributed by atoms with E-state index in [2.05, 4.69) is 27.3 Å². The number of carbonyl (C=O) groups is 2. The third-order valence-electron chi connectivity index (χ3n) is 4.91. The number of nitrogens with one attached hydrogen (secondary N) is 1. The van der Waals surface area contributed by atoms with E-state index in [0.29, 0.717) is 31.2 Å². The number of nitrogens with zero attached hydrogens (tertiary/aromatic N) is 4. The van der Waals surface area contributed by atoms with Gasteiger partial charge in [-0.1, -0.05) is 12.1 Å². The lowest BCUT2D eigenvalue weighted by atomic mass is 10.0. The van der Waals surface area contributed by atoms with Crippen LogP contribution in [-0.4, -0.2) is 77.0 Å². The second kappa shape index (κ2) is 11.4. The number of thioether (sulfide) groups is 1. The minimum atomic E-state index is -0.0962. The van der Waals surface area contributed by atoms with Gasteiger partial charge in [0.2, 0.25) is 17.7 Å². The van der Waals surface area contributed by atoms with Crippen LogP contribution in [0.5, 0.6) is 0 Å². The fourth-order valence-corrected chi connectivity index (χ4v) is 3.89. The number of amides is 2. The topological polar surface area (TPSA) is 91.6 Å². The van der Waals surface area contributed by atoms with Gasteiger partial charge in [-0.3, -0.25) is 9.59 Å². The second-order valence-electron chi connectivity index (χ2n) is 7.55. The highest BCUT2D eigenvalue weighted by Crippen LogP contribution is 2.19. The number of aryl methyl sites for hydroxylation is 1. The molecule has 0 aliphatic carbocycles. The van der Waals surface area contributed by atoms with E-state index >= 15 is 0 Å². The number of rotatable bonds is 9. The van der Waals surface area contributed by atoms with Crippen molar-refractivity contribution in [3.05, 3.63) is 11.7 Å². The zero-order chi connectivity index (χ0) is 20.5. The number of likely N-dealkylation sites (N-methyl/N-ethyl adjacent to an activating group) is 1. The summed E-state index contributed by atoms with van der Waals surface area (Å²) in [5.41, 5.74) is 0. The van der Waals surface area contributed by atoms with Crippen molar-refractivity contribution in [2.75, 3.05) is 39.2 Å². The summed E-state index contributed by atoms with van der Waals surface area (Å²) in [7, 11) is 3.78. The molecular weight excluding hydrogens is 378 g/mol. The van der Waals surface area contributed by atoms with Crippen molar-refractivity contribution in [3.63, 3.8) is 0 Å². The van der Waals surface area contributed by atoms with Crippen LogP contribution in [0.25, 0.3) is 0 Å². The van der Waals surface area contributed by atoms with Crippen LogP contribution >= 0.6 is 11.8 Å². The van der Waals surface area contributed by atoms with E-state index in [9.17, 15) is 9.59 Å². The lowest BCUT2D eigenvalue weighted by Gasteiger charge is -2.24. The average Bonchev–Trinajstić information content (AvgIpc) is 3.00. The van der Waals surface area contributed by atoms with Crippen molar-refractivity contribution in [3.8, 4) is 0 Å². The van der Waals surface area contributed by atoms with E-state index in [1.165, 1.54) is 0 Å². The zero-order valence-corrected chi connectivity index (χ0v) is 18.3. The van der Waals surface area contributed by atoms with Gasteiger partial charge >= 0.3 is 0 Å². The fourth-order valence-electron chi connectivity index (χ4n) is 3.50. The Morgan fingerprint density at radius 2 is 2.14 bits per heavy atom. The predicted molar refractivity (Wildman–Crippen MR) is 110 cm³/mol. The fraction of sp³-hybridized carbons (Fsp3) is 0.789. The SMILES string of the molecule is CCCc1noc(CN(C)C(=O)[C@@H]2CC[C@H](NC(=O)CCSC)CN(C)C2)n1. The van der Waals surface area contributed by atoms with Gasteiger partial charge in [0.25, 0.3) is 0 Å². The zero-order valence-electron chi connectivity index (χ0n) is 17.4. The molecule has 1 aliphatic rings. The molecule has 0 spiro atoms. The molecule has 2 heterocycles.